The first-order valence-corrected chi connectivity index (χ1v) is 15.2. The number of halogens is 3. The van der Waals surface area contributed by atoms with Crippen LogP contribution in [0.4, 0.5) is 19.1 Å². The van der Waals surface area contributed by atoms with Crippen LogP contribution in [0, 0.1) is 0 Å². The molecular formula is C32H34F3N9O2. The molecule has 0 bridgehead atoms. The standard InChI is InChI=1S/C32H34F3N9O2/c1-36-25(45)16-44-13-11-20(12-14-44)23-9-10-24(32(33,34)35)42-27(23)21-5-3-19(4-6-21)15-37-31-41-18-39-29(43-31)26-28(22-7-8-22)38-17-40-30(26)46-2/h3-6,9-10,17-18,20,22H,7-8,11-16H2,1-2H3,(H,36,45)(H,37,39,41,43). The molecule has 11 nitrogen and oxygen atoms in total. The Morgan fingerprint density at radius 2 is 1.67 bits per heavy atom. The lowest BCUT2D eigenvalue weighted by molar-refractivity contribution is -0.141. The first-order valence-electron chi connectivity index (χ1n) is 15.2. The largest absolute Gasteiger partial charge is 0.480 e. The summed E-state index contributed by atoms with van der Waals surface area (Å²) in [5.74, 6) is 1.46. The van der Waals surface area contributed by atoms with Gasteiger partial charge in [-0.25, -0.2) is 24.9 Å². The molecule has 1 saturated heterocycles. The van der Waals surface area contributed by atoms with Crippen molar-refractivity contribution in [2.24, 2.45) is 0 Å². The molecule has 3 aromatic heterocycles. The van der Waals surface area contributed by atoms with Crippen molar-refractivity contribution in [3.63, 3.8) is 0 Å². The van der Waals surface area contributed by atoms with Crippen LogP contribution in [0.15, 0.2) is 49.1 Å². The number of amides is 1. The first kappa shape index (κ1) is 31.3. The average Bonchev–Trinajstić information content (AvgIpc) is 3.93. The van der Waals surface area contributed by atoms with Crippen LogP contribution in [0.25, 0.3) is 22.6 Å². The summed E-state index contributed by atoms with van der Waals surface area (Å²) in [4.78, 5) is 39.8. The number of carbonyl (C=O) groups excluding carboxylic acids is 1. The van der Waals surface area contributed by atoms with Crippen molar-refractivity contribution < 1.29 is 22.7 Å². The van der Waals surface area contributed by atoms with Gasteiger partial charge in [-0.3, -0.25) is 9.69 Å². The number of hydrogen-bond acceptors (Lipinski definition) is 10. The van der Waals surface area contributed by atoms with E-state index in [4.69, 9.17) is 4.74 Å². The Kier molecular flexibility index (Phi) is 9.06. The number of carbonyl (C=O) groups is 1. The van der Waals surface area contributed by atoms with E-state index in [0.29, 0.717) is 66.6 Å². The SMILES string of the molecule is CNC(=O)CN1CCC(c2ccc(C(F)(F)F)nc2-c2ccc(CNc3ncnc(-c4c(OC)ncnc4C4CC4)n3)cc2)CC1. The van der Waals surface area contributed by atoms with E-state index in [0.717, 1.165) is 48.6 Å². The third kappa shape index (κ3) is 7.06. The number of nitrogens with zero attached hydrogens (tertiary/aromatic N) is 7. The summed E-state index contributed by atoms with van der Waals surface area (Å²) in [5, 5.41) is 5.83. The number of ether oxygens (including phenoxy) is 1. The lowest BCUT2D eigenvalue weighted by atomic mass is 9.86. The van der Waals surface area contributed by atoms with Crippen molar-refractivity contribution in [2.75, 3.05) is 39.1 Å². The number of methoxy groups -OCH3 is 1. The zero-order chi connectivity index (χ0) is 32.3. The summed E-state index contributed by atoms with van der Waals surface area (Å²) in [6.07, 6.45) is 1.85. The van der Waals surface area contributed by atoms with E-state index in [1.807, 2.05) is 12.1 Å². The van der Waals surface area contributed by atoms with E-state index in [1.165, 1.54) is 12.7 Å². The van der Waals surface area contributed by atoms with E-state index in [9.17, 15) is 18.0 Å². The van der Waals surface area contributed by atoms with Crippen LogP contribution in [0.3, 0.4) is 0 Å². The van der Waals surface area contributed by atoms with E-state index in [1.54, 1.807) is 32.4 Å². The number of pyridine rings is 1. The van der Waals surface area contributed by atoms with Crippen molar-refractivity contribution in [3.05, 3.63) is 71.6 Å². The minimum absolute atomic E-state index is 0.0270. The van der Waals surface area contributed by atoms with Crippen LogP contribution in [-0.2, 0) is 17.5 Å². The van der Waals surface area contributed by atoms with Gasteiger partial charge in [0.1, 0.15) is 23.9 Å². The number of rotatable bonds is 10. The van der Waals surface area contributed by atoms with Crippen molar-refractivity contribution in [1.82, 2.24) is 40.1 Å². The lowest BCUT2D eigenvalue weighted by Crippen LogP contribution is -2.40. The molecule has 0 spiro atoms. The zero-order valence-corrected chi connectivity index (χ0v) is 25.5. The molecule has 0 unspecified atom stereocenters. The molecule has 0 radical (unpaired) electrons. The second-order valence-electron chi connectivity index (χ2n) is 11.5. The topological polar surface area (TPSA) is 131 Å². The molecule has 6 rings (SSSR count). The van der Waals surface area contributed by atoms with E-state index in [-0.39, 0.29) is 11.8 Å². The van der Waals surface area contributed by atoms with Crippen LogP contribution >= 0.6 is 0 Å². The second kappa shape index (κ2) is 13.3. The molecule has 2 N–H and O–H groups in total. The number of alkyl halides is 3. The number of aromatic nitrogens is 6. The molecule has 46 heavy (non-hydrogen) atoms. The number of nitrogens with one attached hydrogen (secondary N) is 2. The number of likely N-dealkylation sites (N-methyl/N-ethyl adjacent to an activating group) is 1. The minimum Gasteiger partial charge on any atom is -0.480 e. The molecule has 2 aliphatic rings. The van der Waals surface area contributed by atoms with E-state index in [2.05, 4.69) is 45.4 Å². The fourth-order valence-corrected chi connectivity index (χ4v) is 5.75. The number of anilines is 1. The maximum Gasteiger partial charge on any atom is 0.433 e. The Morgan fingerprint density at radius 1 is 0.935 bits per heavy atom. The molecule has 0 atom stereocenters. The smallest absolute Gasteiger partial charge is 0.433 e. The predicted octanol–water partition coefficient (Wildman–Crippen LogP) is 4.83. The summed E-state index contributed by atoms with van der Waals surface area (Å²) in [6, 6.07) is 9.89. The van der Waals surface area contributed by atoms with Crippen molar-refractivity contribution in [2.45, 2.75) is 50.2 Å². The highest BCUT2D eigenvalue weighted by Gasteiger charge is 2.34. The molecule has 1 saturated carbocycles. The summed E-state index contributed by atoms with van der Waals surface area (Å²) in [5.41, 5.74) is 3.17. The number of likely N-dealkylation sites (tertiary alicyclic amines) is 1. The third-order valence-electron chi connectivity index (χ3n) is 8.36. The molecule has 1 aliphatic heterocycles. The molecule has 2 fully saturated rings. The van der Waals surface area contributed by atoms with Gasteiger partial charge < -0.3 is 15.4 Å². The molecule has 1 aliphatic carbocycles. The van der Waals surface area contributed by atoms with Gasteiger partial charge in [0.05, 0.1) is 25.0 Å². The summed E-state index contributed by atoms with van der Waals surface area (Å²) >= 11 is 0. The van der Waals surface area contributed by atoms with Crippen LogP contribution in [-0.4, -0.2) is 74.5 Å². The number of hydrogen-bond donors (Lipinski definition) is 2. The Labute approximate surface area is 264 Å². The van der Waals surface area contributed by atoms with Gasteiger partial charge in [-0.15, -0.1) is 0 Å². The Hall–Kier alpha value is -4.72. The average molecular weight is 634 g/mol. The van der Waals surface area contributed by atoms with Crippen LogP contribution < -0.4 is 15.4 Å². The highest BCUT2D eigenvalue weighted by atomic mass is 19.4. The summed E-state index contributed by atoms with van der Waals surface area (Å²) in [6.45, 7) is 2.02. The van der Waals surface area contributed by atoms with Crippen LogP contribution in [0.5, 0.6) is 5.88 Å². The normalized spacial score (nSPS) is 15.8. The molecule has 4 aromatic rings. The van der Waals surface area contributed by atoms with Gasteiger partial charge in [0.2, 0.25) is 17.7 Å². The molecule has 14 heteroatoms. The van der Waals surface area contributed by atoms with Gasteiger partial charge in [0.25, 0.3) is 0 Å². The quantitative estimate of drug-likeness (QED) is 0.250. The minimum atomic E-state index is -4.56. The number of benzene rings is 1. The zero-order valence-electron chi connectivity index (χ0n) is 25.5. The van der Waals surface area contributed by atoms with Crippen LogP contribution in [0.1, 0.15) is 60.0 Å². The Morgan fingerprint density at radius 3 is 2.35 bits per heavy atom. The highest BCUT2D eigenvalue weighted by molar-refractivity contribution is 5.77. The van der Waals surface area contributed by atoms with E-state index >= 15 is 0 Å². The summed E-state index contributed by atoms with van der Waals surface area (Å²) < 4.78 is 46.5. The molecule has 1 amide bonds. The van der Waals surface area contributed by atoms with Gasteiger partial charge in [-0.2, -0.15) is 18.2 Å². The molecule has 1 aromatic carbocycles. The maximum absolute atomic E-state index is 13.7. The molecular weight excluding hydrogens is 599 g/mol. The predicted molar refractivity (Wildman–Crippen MR) is 164 cm³/mol. The maximum atomic E-state index is 13.7. The fraction of sp³-hybridized carbons (Fsp3) is 0.406. The van der Waals surface area contributed by atoms with Crippen molar-refractivity contribution >= 4 is 11.9 Å². The number of piperidine rings is 1. The van der Waals surface area contributed by atoms with Crippen LogP contribution in [0.2, 0.25) is 0 Å². The van der Waals surface area contributed by atoms with Crippen molar-refractivity contribution in [3.8, 4) is 28.5 Å². The van der Waals surface area contributed by atoms with E-state index < -0.39 is 11.9 Å². The summed E-state index contributed by atoms with van der Waals surface area (Å²) in [7, 11) is 3.14. The van der Waals surface area contributed by atoms with Gasteiger partial charge >= 0.3 is 6.18 Å². The van der Waals surface area contributed by atoms with Gasteiger partial charge in [0, 0.05) is 25.1 Å². The van der Waals surface area contributed by atoms with Gasteiger partial charge in [0.15, 0.2) is 5.82 Å². The second-order valence-corrected chi connectivity index (χ2v) is 11.5. The molecule has 4 heterocycles. The monoisotopic (exact) mass is 633 g/mol. The Balaban J connectivity index is 1.19. The lowest BCUT2D eigenvalue weighted by Gasteiger charge is -2.32. The van der Waals surface area contributed by atoms with Crippen molar-refractivity contribution in [1.29, 1.82) is 0 Å². The Bertz CT molecular complexity index is 1690. The third-order valence-corrected chi connectivity index (χ3v) is 8.36. The highest BCUT2D eigenvalue weighted by Crippen LogP contribution is 2.45. The molecule has 240 valence electrons. The fourth-order valence-electron chi connectivity index (χ4n) is 5.75. The first-order chi connectivity index (χ1) is 22.2. The van der Waals surface area contributed by atoms with Gasteiger partial charge in [-0.05, 0) is 61.9 Å². The van der Waals surface area contributed by atoms with Gasteiger partial charge in [-0.1, -0.05) is 30.3 Å².